The van der Waals surface area contributed by atoms with E-state index in [0.29, 0.717) is 6.42 Å². The van der Waals surface area contributed by atoms with Gasteiger partial charge in [-0.2, -0.15) is 0 Å². The summed E-state index contributed by atoms with van der Waals surface area (Å²) < 4.78 is 6.03. The standard InChI is InChI=1S/C51H47NOS/c1-4-38(51-46(26-16-29-49(51)54)45-25-15-28-48-50(45)36(2)17-11-12-34-53-48)22-14-27-47(52-37(3)39-18-7-5-8-19-39)42-32-30-41(31-33-42)44-24-13-23-43(35-44)40-20-9-6-10-21-40/h4-9,11-20,22-26,28-30,32,34-35,37,54H,2,10,21,27,31,33H2,1,3H3/b17-11-,22-14-,34-12-,38-4+,52-47?. The fourth-order valence-corrected chi connectivity index (χ4v) is 7.81. The molecule has 7 rings (SSSR count). The molecule has 4 aromatic rings. The molecule has 0 spiro atoms. The fraction of sp³-hybridized carbons (Fsp3) is 0.157. The number of fused-ring (bicyclic) bond motifs is 1. The molecule has 54 heavy (non-hydrogen) atoms. The van der Waals surface area contributed by atoms with E-state index in [1.54, 1.807) is 6.26 Å². The zero-order valence-electron chi connectivity index (χ0n) is 31.2. The molecule has 268 valence electrons. The molecule has 0 bridgehead atoms. The Morgan fingerprint density at radius 1 is 0.833 bits per heavy atom. The van der Waals surface area contributed by atoms with Gasteiger partial charge in [0, 0.05) is 28.2 Å². The zero-order valence-corrected chi connectivity index (χ0v) is 32.1. The molecule has 4 aromatic carbocycles. The van der Waals surface area contributed by atoms with E-state index in [1.165, 1.54) is 33.4 Å². The average molecular weight is 722 g/mol. The van der Waals surface area contributed by atoms with E-state index in [0.717, 1.165) is 75.4 Å². The average Bonchev–Trinajstić information content (AvgIpc) is 3.22. The van der Waals surface area contributed by atoms with E-state index in [2.05, 4.69) is 148 Å². The fourth-order valence-electron chi connectivity index (χ4n) is 7.47. The van der Waals surface area contributed by atoms with E-state index in [1.807, 2.05) is 30.4 Å². The predicted octanol–water partition coefficient (Wildman–Crippen LogP) is 14.2. The Labute approximate surface area is 326 Å². The van der Waals surface area contributed by atoms with Gasteiger partial charge in [-0.15, -0.1) is 12.6 Å². The van der Waals surface area contributed by atoms with Crippen LogP contribution in [0.3, 0.4) is 0 Å². The Balaban J connectivity index is 1.20. The van der Waals surface area contributed by atoms with Crippen molar-refractivity contribution in [3.05, 3.63) is 204 Å². The second-order valence-electron chi connectivity index (χ2n) is 13.8. The van der Waals surface area contributed by atoms with Crippen molar-refractivity contribution in [2.24, 2.45) is 4.99 Å². The highest BCUT2D eigenvalue weighted by Crippen LogP contribution is 2.42. The number of allylic oxidation sites excluding steroid dienone is 16. The van der Waals surface area contributed by atoms with E-state index in [-0.39, 0.29) is 6.04 Å². The lowest BCUT2D eigenvalue weighted by Gasteiger charge is -2.20. The highest BCUT2D eigenvalue weighted by atomic mass is 32.1. The number of nitrogens with zero attached hydrogens (tertiary/aromatic N) is 1. The third-order valence-electron chi connectivity index (χ3n) is 10.3. The van der Waals surface area contributed by atoms with Gasteiger partial charge in [0.15, 0.2) is 0 Å². The summed E-state index contributed by atoms with van der Waals surface area (Å²) in [6, 6.07) is 32.1. The maximum Gasteiger partial charge on any atom is 0.134 e. The van der Waals surface area contributed by atoms with Crippen LogP contribution in [0.1, 0.15) is 79.8 Å². The molecule has 0 radical (unpaired) electrons. The summed E-state index contributed by atoms with van der Waals surface area (Å²) in [4.78, 5) is 6.29. The number of hydrogen-bond acceptors (Lipinski definition) is 3. The van der Waals surface area contributed by atoms with Crippen molar-refractivity contribution < 1.29 is 4.74 Å². The molecule has 0 amide bonds. The van der Waals surface area contributed by atoms with Gasteiger partial charge in [-0.25, -0.2) is 0 Å². The van der Waals surface area contributed by atoms with E-state index in [9.17, 15) is 0 Å². The van der Waals surface area contributed by atoms with Crippen LogP contribution in [0.2, 0.25) is 0 Å². The predicted molar refractivity (Wildman–Crippen MR) is 235 cm³/mol. The number of thiol groups is 1. The molecule has 1 unspecified atom stereocenters. The SMILES string of the molecule is C=C1/C=C\C=C/Oc2cccc(-c3cccc(S)c3C(/C=C\CC(=NC(C)c3ccccc3)C3=CC=C(c4cccc(C5=CC=CCC5)c4)CC3)=C/C)c21. The first kappa shape index (κ1) is 36.7. The first-order valence-electron chi connectivity index (χ1n) is 19.0. The van der Waals surface area contributed by atoms with Gasteiger partial charge in [0.25, 0.3) is 0 Å². The maximum atomic E-state index is 6.03. The quantitative estimate of drug-likeness (QED) is 0.0983. The van der Waals surface area contributed by atoms with Crippen LogP contribution in [0.15, 0.2) is 186 Å². The topological polar surface area (TPSA) is 21.6 Å². The van der Waals surface area contributed by atoms with Gasteiger partial charge in [0.05, 0.1) is 12.3 Å². The van der Waals surface area contributed by atoms with Crippen LogP contribution in [-0.4, -0.2) is 5.71 Å². The summed E-state index contributed by atoms with van der Waals surface area (Å²) in [6.07, 6.45) is 30.4. The molecule has 0 saturated carbocycles. The Kier molecular flexibility index (Phi) is 11.9. The second kappa shape index (κ2) is 17.5. The van der Waals surface area contributed by atoms with Crippen LogP contribution in [-0.2, 0) is 0 Å². The summed E-state index contributed by atoms with van der Waals surface area (Å²) in [5.41, 5.74) is 15.3. The Bertz CT molecular complexity index is 2320. The van der Waals surface area contributed by atoms with Crippen molar-refractivity contribution in [1.82, 2.24) is 0 Å². The molecule has 2 aliphatic carbocycles. The molecule has 2 nitrogen and oxygen atoms in total. The second-order valence-corrected chi connectivity index (χ2v) is 14.3. The lowest BCUT2D eigenvalue weighted by atomic mass is 9.87. The monoisotopic (exact) mass is 721 g/mol. The van der Waals surface area contributed by atoms with Crippen molar-refractivity contribution in [3.8, 4) is 16.9 Å². The van der Waals surface area contributed by atoms with Gasteiger partial charge < -0.3 is 4.74 Å². The normalized spacial score (nSPS) is 17.8. The van der Waals surface area contributed by atoms with Gasteiger partial charge in [0.1, 0.15) is 5.75 Å². The number of hydrogen-bond donors (Lipinski definition) is 1. The first-order chi connectivity index (χ1) is 26.5. The van der Waals surface area contributed by atoms with Gasteiger partial charge in [-0.3, -0.25) is 4.99 Å². The van der Waals surface area contributed by atoms with Crippen LogP contribution >= 0.6 is 12.6 Å². The van der Waals surface area contributed by atoms with Crippen LogP contribution in [0, 0.1) is 0 Å². The van der Waals surface area contributed by atoms with Crippen molar-refractivity contribution in [3.63, 3.8) is 0 Å². The minimum atomic E-state index is 0.0399. The number of rotatable bonds is 10. The van der Waals surface area contributed by atoms with Crippen LogP contribution in [0.25, 0.3) is 33.4 Å². The van der Waals surface area contributed by atoms with Crippen molar-refractivity contribution in [2.45, 2.75) is 56.9 Å². The van der Waals surface area contributed by atoms with Gasteiger partial charge in [-0.05, 0) is 119 Å². The summed E-state index contributed by atoms with van der Waals surface area (Å²) in [5.74, 6) is 0.782. The summed E-state index contributed by atoms with van der Waals surface area (Å²) >= 11 is 5.01. The largest absolute Gasteiger partial charge is 0.464 e. The summed E-state index contributed by atoms with van der Waals surface area (Å²) in [7, 11) is 0. The third kappa shape index (κ3) is 8.43. The van der Waals surface area contributed by atoms with Gasteiger partial charge >= 0.3 is 0 Å². The molecule has 1 atom stereocenters. The smallest absolute Gasteiger partial charge is 0.134 e. The Morgan fingerprint density at radius 2 is 1.61 bits per heavy atom. The number of benzene rings is 4. The number of aliphatic imine (C=N–C) groups is 1. The third-order valence-corrected chi connectivity index (χ3v) is 10.7. The van der Waals surface area contributed by atoms with Crippen molar-refractivity contribution in [1.29, 1.82) is 0 Å². The maximum absolute atomic E-state index is 6.03. The van der Waals surface area contributed by atoms with Crippen LogP contribution in [0.5, 0.6) is 5.75 Å². The molecule has 0 N–H and O–H groups in total. The van der Waals surface area contributed by atoms with E-state index >= 15 is 0 Å². The molecule has 0 fully saturated rings. The van der Waals surface area contributed by atoms with Gasteiger partial charge in [-0.1, -0.05) is 140 Å². The van der Waals surface area contributed by atoms with E-state index < -0.39 is 0 Å². The first-order valence-corrected chi connectivity index (χ1v) is 19.4. The van der Waals surface area contributed by atoms with Crippen molar-refractivity contribution in [2.75, 3.05) is 0 Å². The Morgan fingerprint density at radius 3 is 2.37 bits per heavy atom. The van der Waals surface area contributed by atoms with Gasteiger partial charge in [0.2, 0.25) is 0 Å². The molecule has 1 aliphatic heterocycles. The molecule has 3 heteroatoms. The van der Waals surface area contributed by atoms with Crippen LogP contribution in [0.4, 0.5) is 0 Å². The van der Waals surface area contributed by atoms with Crippen molar-refractivity contribution >= 4 is 40.6 Å². The molecule has 3 aliphatic rings. The molecule has 0 aromatic heterocycles. The molecule has 0 saturated heterocycles. The Hall–Kier alpha value is -5.64. The lowest BCUT2D eigenvalue weighted by molar-refractivity contribution is 0.480. The minimum absolute atomic E-state index is 0.0399. The molecule has 1 heterocycles. The van der Waals surface area contributed by atoms with Crippen LogP contribution < -0.4 is 4.74 Å². The highest BCUT2D eigenvalue weighted by molar-refractivity contribution is 7.80. The minimum Gasteiger partial charge on any atom is -0.464 e. The number of ether oxygens (including phenoxy) is 1. The summed E-state index contributed by atoms with van der Waals surface area (Å²) in [6.45, 7) is 8.67. The van der Waals surface area contributed by atoms with E-state index in [4.69, 9.17) is 22.4 Å². The summed E-state index contributed by atoms with van der Waals surface area (Å²) in [5, 5.41) is 0. The molecular formula is C51H47NOS. The highest BCUT2D eigenvalue weighted by Gasteiger charge is 2.19. The molecular weight excluding hydrogens is 675 g/mol. The lowest BCUT2D eigenvalue weighted by Crippen LogP contribution is -2.08. The zero-order chi connectivity index (χ0) is 37.3.